The van der Waals surface area contributed by atoms with Crippen LogP contribution in [0, 0.1) is 0 Å². The van der Waals surface area contributed by atoms with Crippen LogP contribution in [0.5, 0.6) is 17.2 Å². The average molecular weight is 286 g/mol. The molecule has 106 valence electrons. The molecule has 0 aromatic heterocycles. The van der Waals surface area contributed by atoms with Gasteiger partial charge in [-0.25, -0.2) is 0 Å². The van der Waals surface area contributed by atoms with E-state index >= 15 is 0 Å². The monoisotopic (exact) mass is 285 g/mol. The highest BCUT2D eigenvalue weighted by atomic mass is 35.5. The molecular weight excluding hydrogens is 266 g/mol. The minimum atomic E-state index is 0.0255. The number of likely N-dealkylation sites (N-methyl/N-ethyl adjacent to an activating group) is 1. The number of alkyl halides is 1. The van der Waals surface area contributed by atoms with Crippen molar-refractivity contribution in [1.82, 2.24) is 4.90 Å². The summed E-state index contributed by atoms with van der Waals surface area (Å²) in [5.74, 6) is 2.82. The quantitative estimate of drug-likeness (QED) is 0.751. The fourth-order valence-corrected chi connectivity index (χ4v) is 2.35. The molecule has 0 spiro atoms. The van der Waals surface area contributed by atoms with Crippen LogP contribution in [0.1, 0.15) is 6.92 Å². The second kappa shape index (κ2) is 6.87. The summed E-state index contributed by atoms with van der Waals surface area (Å²) in [6.07, 6.45) is 0.0255. The van der Waals surface area contributed by atoms with E-state index in [9.17, 15) is 0 Å². The van der Waals surface area contributed by atoms with E-state index in [2.05, 4.69) is 4.90 Å². The zero-order valence-corrected chi connectivity index (χ0v) is 12.2. The molecule has 1 aliphatic heterocycles. The molecule has 5 heteroatoms. The van der Waals surface area contributed by atoms with E-state index in [1.54, 1.807) is 0 Å². The second-order valence-corrected chi connectivity index (χ2v) is 4.90. The third kappa shape index (κ3) is 3.67. The molecule has 0 radical (unpaired) electrons. The minimum Gasteiger partial charge on any atom is -0.490 e. The van der Waals surface area contributed by atoms with Gasteiger partial charge in [-0.15, -0.1) is 11.6 Å². The minimum absolute atomic E-state index is 0.0255. The molecule has 0 aliphatic carbocycles. The summed E-state index contributed by atoms with van der Waals surface area (Å²) < 4.78 is 17.3. The molecule has 0 fully saturated rings. The highest BCUT2D eigenvalue weighted by molar-refractivity contribution is 6.18. The van der Waals surface area contributed by atoms with Crippen LogP contribution in [0.2, 0.25) is 0 Å². The molecule has 0 saturated heterocycles. The molecule has 1 aromatic carbocycles. The fourth-order valence-electron chi connectivity index (χ4n) is 2.06. The Morgan fingerprint density at radius 2 is 2.32 bits per heavy atom. The molecule has 1 atom stereocenters. The van der Waals surface area contributed by atoms with E-state index in [0.29, 0.717) is 24.8 Å². The number of nitrogens with zero attached hydrogens (tertiary/aromatic N) is 1. The summed E-state index contributed by atoms with van der Waals surface area (Å²) >= 11 is 5.72. The topological polar surface area (TPSA) is 30.9 Å². The lowest BCUT2D eigenvalue weighted by Crippen LogP contribution is -2.40. The molecule has 0 bridgehead atoms. The van der Waals surface area contributed by atoms with Crippen molar-refractivity contribution in [3.63, 3.8) is 0 Å². The van der Waals surface area contributed by atoms with Crippen LogP contribution in [0.3, 0.4) is 0 Å². The normalized spacial score (nSPS) is 17.6. The van der Waals surface area contributed by atoms with Crippen molar-refractivity contribution in [2.75, 3.05) is 39.2 Å². The predicted octanol–water partition coefficient (Wildman–Crippen LogP) is 2.40. The summed E-state index contributed by atoms with van der Waals surface area (Å²) in [5, 5.41) is 0. The first kappa shape index (κ1) is 14.3. The maximum Gasteiger partial charge on any atom is 0.203 e. The van der Waals surface area contributed by atoms with Gasteiger partial charge < -0.3 is 19.1 Å². The van der Waals surface area contributed by atoms with E-state index in [0.717, 1.165) is 24.6 Å². The number of para-hydroxylation sites is 1. The van der Waals surface area contributed by atoms with Gasteiger partial charge in [-0.2, -0.15) is 0 Å². The first-order valence-corrected chi connectivity index (χ1v) is 7.07. The predicted molar refractivity (Wildman–Crippen MR) is 75.7 cm³/mol. The van der Waals surface area contributed by atoms with Crippen molar-refractivity contribution in [3.8, 4) is 17.2 Å². The third-order valence-electron chi connectivity index (χ3n) is 2.93. The molecule has 0 N–H and O–H groups in total. The largest absolute Gasteiger partial charge is 0.490 e. The van der Waals surface area contributed by atoms with Gasteiger partial charge in [0.25, 0.3) is 0 Å². The Labute approximate surface area is 119 Å². The SMILES string of the molecule is CCOc1cccc2c1OCC(CN(C)CCCl)O2. The zero-order chi connectivity index (χ0) is 13.7. The van der Waals surface area contributed by atoms with Crippen molar-refractivity contribution < 1.29 is 14.2 Å². The van der Waals surface area contributed by atoms with Crippen LogP contribution in [0.25, 0.3) is 0 Å². The average Bonchev–Trinajstić information content (AvgIpc) is 2.39. The smallest absolute Gasteiger partial charge is 0.203 e. The van der Waals surface area contributed by atoms with E-state index in [-0.39, 0.29) is 6.10 Å². The van der Waals surface area contributed by atoms with Gasteiger partial charge in [0.15, 0.2) is 11.5 Å². The number of halogens is 1. The van der Waals surface area contributed by atoms with Crippen LogP contribution < -0.4 is 14.2 Å². The summed E-state index contributed by atoms with van der Waals surface area (Å²) in [5.41, 5.74) is 0. The zero-order valence-electron chi connectivity index (χ0n) is 11.4. The molecule has 19 heavy (non-hydrogen) atoms. The molecule has 1 aromatic rings. The van der Waals surface area contributed by atoms with Crippen molar-refractivity contribution in [3.05, 3.63) is 18.2 Å². The first-order chi connectivity index (χ1) is 9.24. The van der Waals surface area contributed by atoms with Crippen LogP contribution in [0.4, 0.5) is 0 Å². The molecule has 1 aliphatic rings. The molecule has 1 heterocycles. The lowest BCUT2D eigenvalue weighted by molar-refractivity contribution is 0.0640. The van der Waals surface area contributed by atoms with Gasteiger partial charge >= 0.3 is 0 Å². The Bertz CT molecular complexity index is 414. The van der Waals surface area contributed by atoms with Gasteiger partial charge in [-0.1, -0.05) is 6.07 Å². The van der Waals surface area contributed by atoms with Crippen LogP contribution in [-0.4, -0.2) is 50.2 Å². The number of ether oxygens (including phenoxy) is 3. The third-order valence-corrected chi connectivity index (χ3v) is 3.10. The van der Waals surface area contributed by atoms with Crippen molar-refractivity contribution in [2.45, 2.75) is 13.0 Å². The summed E-state index contributed by atoms with van der Waals surface area (Å²) in [6, 6.07) is 5.72. The van der Waals surface area contributed by atoms with Gasteiger partial charge in [0, 0.05) is 19.0 Å². The maximum absolute atomic E-state index is 5.95. The Morgan fingerprint density at radius 3 is 3.05 bits per heavy atom. The van der Waals surface area contributed by atoms with E-state index in [1.165, 1.54) is 0 Å². The summed E-state index contributed by atoms with van der Waals surface area (Å²) in [7, 11) is 2.03. The molecule has 0 saturated carbocycles. The molecule has 4 nitrogen and oxygen atoms in total. The van der Waals surface area contributed by atoms with Gasteiger partial charge in [-0.3, -0.25) is 0 Å². The molecular formula is C14H20ClNO3. The first-order valence-electron chi connectivity index (χ1n) is 6.54. The molecule has 1 unspecified atom stereocenters. The van der Waals surface area contributed by atoms with Gasteiger partial charge in [0.05, 0.1) is 6.61 Å². The summed E-state index contributed by atoms with van der Waals surface area (Å²) in [6.45, 7) is 4.73. The van der Waals surface area contributed by atoms with Crippen molar-refractivity contribution in [1.29, 1.82) is 0 Å². The number of hydrogen-bond acceptors (Lipinski definition) is 4. The highest BCUT2D eigenvalue weighted by Gasteiger charge is 2.24. The maximum atomic E-state index is 5.95. The Hall–Kier alpha value is -1.13. The fraction of sp³-hybridized carbons (Fsp3) is 0.571. The standard InChI is InChI=1S/C14H20ClNO3/c1-3-17-12-5-4-6-13-14(12)18-10-11(19-13)9-16(2)8-7-15/h4-6,11H,3,7-10H2,1-2H3. The Kier molecular flexibility index (Phi) is 5.16. The molecule has 0 amide bonds. The Balaban J connectivity index is 2.02. The second-order valence-electron chi connectivity index (χ2n) is 4.52. The number of benzene rings is 1. The summed E-state index contributed by atoms with van der Waals surface area (Å²) in [4.78, 5) is 2.14. The van der Waals surface area contributed by atoms with Gasteiger partial charge in [0.2, 0.25) is 5.75 Å². The van der Waals surface area contributed by atoms with E-state index < -0.39 is 0 Å². The lowest BCUT2D eigenvalue weighted by atomic mass is 10.2. The number of rotatable bonds is 6. The highest BCUT2D eigenvalue weighted by Crippen LogP contribution is 2.40. The van der Waals surface area contributed by atoms with E-state index in [4.69, 9.17) is 25.8 Å². The van der Waals surface area contributed by atoms with Crippen molar-refractivity contribution >= 4 is 11.6 Å². The van der Waals surface area contributed by atoms with Crippen molar-refractivity contribution in [2.24, 2.45) is 0 Å². The Morgan fingerprint density at radius 1 is 1.47 bits per heavy atom. The van der Waals surface area contributed by atoms with Crippen LogP contribution in [0.15, 0.2) is 18.2 Å². The van der Waals surface area contributed by atoms with Crippen LogP contribution in [-0.2, 0) is 0 Å². The molecule has 2 rings (SSSR count). The van der Waals surface area contributed by atoms with Crippen LogP contribution >= 0.6 is 11.6 Å². The lowest BCUT2D eigenvalue weighted by Gasteiger charge is -2.30. The number of hydrogen-bond donors (Lipinski definition) is 0. The number of fused-ring (bicyclic) bond motifs is 1. The van der Waals surface area contributed by atoms with Gasteiger partial charge in [-0.05, 0) is 26.1 Å². The van der Waals surface area contributed by atoms with Gasteiger partial charge in [0.1, 0.15) is 12.7 Å². The van der Waals surface area contributed by atoms with E-state index in [1.807, 2.05) is 32.2 Å².